The van der Waals surface area contributed by atoms with Crippen molar-refractivity contribution >= 4 is 5.69 Å². The lowest BCUT2D eigenvalue weighted by atomic mass is 10.1. The monoisotopic (exact) mass is 180 g/mol. The molecule has 0 N–H and O–H groups in total. The summed E-state index contributed by atoms with van der Waals surface area (Å²) in [6.07, 6.45) is 3.12. The highest BCUT2D eigenvalue weighted by Gasteiger charge is 2.08. The van der Waals surface area contributed by atoms with Gasteiger partial charge in [0.2, 0.25) is 0 Å². The molecule has 4 heteroatoms. The summed E-state index contributed by atoms with van der Waals surface area (Å²) in [5, 5.41) is 10.4. The van der Waals surface area contributed by atoms with E-state index < -0.39 is 4.92 Å². The SMILES string of the molecule is CCCc1cc([N+](=O)[O-])cnc1C. The maximum Gasteiger partial charge on any atom is 0.287 e. The number of aryl methyl sites for hydroxylation is 2. The Kier molecular flexibility index (Phi) is 2.95. The molecule has 0 aliphatic carbocycles. The highest BCUT2D eigenvalue weighted by Crippen LogP contribution is 2.15. The van der Waals surface area contributed by atoms with Crippen molar-refractivity contribution in [3.05, 3.63) is 33.6 Å². The normalized spacial score (nSPS) is 10.0. The lowest BCUT2D eigenvalue weighted by Crippen LogP contribution is -1.96. The zero-order valence-corrected chi connectivity index (χ0v) is 7.78. The van der Waals surface area contributed by atoms with Gasteiger partial charge in [0.15, 0.2) is 0 Å². The molecule has 0 fully saturated rings. The molecule has 4 nitrogen and oxygen atoms in total. The Morgan fingerprint density at radius 2 is 2.31 bits per heavy atom. The molecule has 1 rings (SSSR count). The largest absolute Gasteiger partial charge is 0.287 e. The van der Waals surface area contributed by atoms with Crippen molar-refractivity contribution in [2.75, 3.05) is 0 Å². The molecule has 0 atom stereocenters. The molecule has 1 aromatic heterocycles. The Morgan fingerprint density at radius 1 is 1.62 bits per heavy atom. The van der Waals surface area contributed by atoms with Gasteiger partial charge in [-0.1, -0.05) is 13.3 Å². The van der Waals surface area contributed by atoms with Crippen LogP contribution < -0.4 is 0 Å². The average Bonchev–Trinajstić information content (AvgIpc) is 2.08. The average molecular weight is 180 g/mol. The van der Waals surface area contributed by atoms with Crippen molar-refractivity contribution in [2.45, 2.75) is 26.7 Å². The van der Waals surface area contributed by atoms with E-state index in [9.17, 15) is 10.1 Å². The summed E-state index contributed by atoms with van der Waals surface area (Å²) in [4.78, 5) is 14.0. The zero-order valence-electron chi connectivity index (χ0n) is 7.78. The second-order valence-electron chi connectivity index (χ2n) is 2.95. The second kappa shape index (κ2) is 3.98. The van der Waals surface area contributed by atoms with Gasteiger partial charge < -0.3 is 0 Å². The molecule has 0 saturated carbocycles. The van der Waals surface area contributed by atoms with Crippen molar-refractivity contribution in [1.82, 2.24) is 4.98 Å². The van der Waals surface area contributed by atoms with E-state index in [-0.39, 0.29) is 5.69 Å². The lowest BCUT2D eigenvalue weighted by molar-refractivity contribution is -0.385. The highest BCUT2D eigenvalue weighted by atomic mass is 16.6. The van der Waals surface area contributed by atoms with Gasteiger partial charge in [-0.3, -0.25) is 15.1 Å². The van der Waals surface area contributed by atoms with Crippen molar-refractivity contribution in [3.8, 4) is 0 Å². The molecule has 0 amide bonds. The Morgan fingerprint density at radius 3 is 2.85 bits per heavy atom. The number of aromatic nitrogens is 1. The van der Waals surface area contributed by atoms with Crippen molar-refractivity contribution in [1.29, 1.82) is 0 Å². The first-order valence-corrected chi connectivity index (χ1v) is 4.25. The molecule has 0 unspecified atom stereocenters. The van der Waals surface area contributed by atoms with Gasteiger partial charge in [0, 0.05) is 11.8 Å². The first-order valence-electron chi connectivity index (χ1n) is 4.25. The first-order chi connectivity index (χ1) is 6.15. The number of rotatable bonds is 3. The summed E-state index contributed by atoms with van der Waals surface area (Å²) in [6.45, 7) is 3.91. The van der Waals surface area contributed by atoms with Gasteiger partial charge in [0.25, 0.3) is 5.69 Å². The van der Waals surface area contributed by atoms with E-state index in [2.05, 4.69) is 4.98 Å². The van der Waals surface area contributed by atoms with Gasteiger partial charge in [-0.05, 0) is 18.9 Å². The third kappa shape index (κ3) is 2.24. The van der Waals surface area contributed by atoms with Gasteiger partial charge in [0.05, 0.1) is 4.92 Å². The third-order valence-electron chi connectivity index (χ3n) is 1.91. The maximum absolute atomic E-state index is 10.4. The molecule has 0 radical (unpaired) electrons. The van der Waals surface area contributed by atoms with Crippen LogP contribution in [0.15, 0.2) is 12.3 Å². The van der Waals surface area contributed by atoms with Crippen LogP contribution in [0.3, 0.4) is 0 Å². The molecule has 13 heavy (non-hydrogen) atoms. The van der Waals surface area contributed by atoms with Crippen LogP contribution in [-0.2, 0) is 6.42 Å². The number of pyridine rings is 1. The van der Waals surface area contributed by atoms with Gasteiger partial charge in [-0.25, -0.2) is 0 Å². The Balaban J connectivity index is 3.03. The minimum atomic E-state index is -0.411. The van der Waals surface area contributed by atoms with Crippen molar-refractivity contribution in [2.24, 2.45) is 0 Å². The van der Waals surface area contributed by atoms with E-state index in [0.717, 1.165) is 24.1 Å². The van der Waals surface area contributed by atoms with Crippen LogP contribution in [0.25, 0.3) is 0 Å². The summed E-state index contributed by atoms with van der Waals surface area (Å²) in [6, 6.07) is 1.60. The smallest absolute Gasteiger partial charge is 0.258 e. The molecule has 0 spiro atoms. The van der Waals surface area contributed by atoms with Crippen LogP contribution in [-0.4, -0.2) is 9.91 Å². The molecule has 0 aliphatic rings. The van der Waals surface area contributed by atoms with E-state index >= 15 is 0 Å². The van der Waals surface area contributed by atoms with E-state index in [1.54, 1.807) is 6.07 Å². The Hall–Kier alpha value is -1.45. The molecule has 0 bridgehead atoms. The van der Waals surface area contributed by atoms with Crippen LogP contribution in [0.2, 0.25) is 0 Å². The van der Waals surface area contributed by atoms with E-state index in [1.807, 2.05) is 13.8 Å². The molecular weight excluding hydrogens is 168 g/mol. The molecule has 1 aromatic rings. The molecule has 0 saturated heterocycles. The van der Waals surface area contributed by atoms with Crippen LogP contribution in [0.1, 0.15) is 24.6 Å². The van der Waals surface area contributed by atoms with Crippen LogP contribution in [0.5, 0.6) is 0 Å². The minimum Gasteiger partial charge on any atom is -0.258 e. The maximum atomic E-state index is 10.4. The first kappa shape index (κ1) is 9.64. The summed E-state index contributed by atoms with van der Waals surface area (Å²) in [5.41, 5.74) is 1.93. The summed E-state index contributed by atoms with van der Waals surface area (Å²) < 4.78 is 0. The van der Waals surface area contributed by atoms with E-state index in [1.165, 1.54) is 6.20 Å². The number of nitrogens with zero attached hydrogens (tertiary/aromatic N) is 2. The zero-order chi connectivity index (χ0) is 9.84. The summed E-state index contributed by atoms with van der Waals surface area (Å²) in [5.74, 6) is 0. The molecule has 70 valence electrons. The third-order valence-corrected chi connectivity index (χ3v) is 1.91. The van der Waals surface area contributed by atoms with E-state index in [0.29, 0.717) is 0 Å². The summed E-state index contributed by atoms with van der Waals surface area (Å²) >= 11 is 0. The van der Waals surface area contributed by atoms with Gasteiger partial charge in [-0.15, -0.1) is 0 Å². The fourth-order valence-electron chi connectivity index (χ4n) is 1.19. The number of nitro groups is 1. The van der Waals surface area contributed by atoms with Gasteiger partial charge in [-0.2, -0.15) is 0 Å². The van der Waals surface area contributed by atoms with Crippen LogP contribution in [0, 0.1) is 17.0 Å². The van der Waals surface area contributed by atoms with Gasteiger partial charge >= 0.3 is 0 Å². The fraction of sp³-hybridized carbons (Fsp3) is 0.444. The lowest BCUT2D eigenvalue weighted by Gasteiger charge is -2.01. The molecule has 0 aromatic carbocycles. The standard InChI is InChI=1S/C9H12N2O2/c1-3-4-8-5-9(11(12)13)6-10-7(8)2/h5-6H,3-4H2,1-2H3. The molecule has 1 heterocycles. The van der Waals surface area contributed by atoms with Crippen molar-refractivity contribution in [3.63, 3.8) is 0 Å². The molecule has 0 aliphatic heterocycles. The Bertz CT molecular complexity index is 323. The van der Waals surface area contributed by atoms with E-state index in [4.69, 9.17) is 0 Å². The highest BCUT2D eigenvalue weighted by molar-refractivity contribution is 5.33. The van der Waals surface area contributed by atoms with Crippen LogP contribution in [0.4, 0.5) is 5.69 Å². The number of hydrogen-bond donors (Lipinski definition) is 0. The fourth-order valence-corrected chi connectivity index (χ4v) is 1.19. The Labute approximate surface area is 76.8 Å². The van der Waals surface area contributed by atoms with Crippen LogP contribution >= 0.6 is 0 Å². The van der Waals surface area contributed by atoms with Crippen molar-refractivity contribution < 1.29 is 4.92 Å². The molecular formula is C9H12N2O2. The number of hydrogen-bond acceptors (Lipinski definition) is 3. The topological polar surface area (TPSA) is 56.0 Å². The minimum absolute atomic E-state index is 0.0778. The predicted octanol–water partition coefficient (Wildman–Crippen LogP) is 2.25. The quantitative estimate of drug-likeness (QED) is 0.529. The predicted molar refractivity (Wildman–Crippen MR) is 49.6 cm³/mol. The van der Waals surface area contributed by atoms with Gasteiger partial charge in [0.1, 0.15) is 6.20 Å². The second-order valence-corrected chi connectivity index (χ2v) is 2.95. The summed E-state index contributed by atoms with van der Waals surface area (Å²) in [7, 11) is 0.